The van der Waals surface area contributed by atoms with Crippen LogP contribution in [-0.4, -0.2) is 32.7 Å². The maximum Gasteiger partial charge on any atom is 0.251 e. The van der Waals surface area contributed by atoms with Crippen LogP contribution in [0.1, 0.15) is 21.6 Å². The van der Waals surface area contributed by atoms with Gasteiger partial charge in [0.1, 0.15) is 5.75 Å². The Labute approximate surface area is 141 Å². The van der Waals surface area contributed by atoms with Crippen LogP contribution in [-0.2, 0) is 23.1 Å². The highest BCUT2D eigenvalue weighted by atomic mass is 32.2. The smallest absolute Gasteiger partial charge is 0.251 e. The minimum absolute atomic E-state index is 0.0375. The van der Waals surface area contributed by atoms with Crippen LogP contribution in [0.2, 0.25) is 0 Å². The molecular weight excluding hydrogens is 330 g/mol. The number of aromatic nitrogens is 1. The maximum atomic E-state index is 12.2. The van der Waals surface area contributed by atoms with E-state index in [1.165, 1.54) is 6.20 Å². The molecule has 1 aromatic carbocycles. The SMILES string of the molecule is COc1cccc(CNC(=O)c2ccnc(CNS(C)(=O)=O)c2)c1. The molecule has 0 aliphatic heterocycles. The van der Waals surface area contributed by atoms with E-state index >= 15 is 0 Å². The van der Waals surface area contributed by atoms with Crippen LogP contribution >= 0.6 is 0 Å². The number of hydrogen-bond donors (Lipinski definition) is 2. The summed E-state index contributed by atoms with van der Waals surface area (Å²) in [6.07, 6.45) is 2.54. The lowest BCUT2D eigenvalue weighted by atomic mass is 10.2. The first-order valence-electron chi connectivity index (χ1n) is 7.18. The molecule has 0 atom stereocenters. The van der Waals surface area contributed by atoms with E-state index in [-0.39, 0.29) is 12.5 Å². The summed E-state index contributed by atoms with van der Waals surface area (Å²) in [5.74, 6) is 0.459. The molecule has 0 radical (unpaired) electrons. The number of hydrogen-bond acceptors (Lipinski definition) is 5. The first kappa shape index (κ1) is 17.9. The molecule has 0 fully saturated rings. The minimum Gasteiger partial charge on any atom is -0.497 e. The number of carbonyl (C=O) groups is 1. The van der Waals surface area contributed by atoms with E-state index in [1.54, 1.807) is 19.2 Å². The monoisotopic (exact) mass is 349 g/mol. The highest BCUT2D eigenvalue weighted by molar-refractivity contribution is 7.88. The summed E-state index contributed by atoms with van der Waals surface area (Å²) in [5.41, 5.74) is 1.79. The van der Waals surface area contributed by atoms with Crippen LogP contribution in [0.25, 0.3) is 0 Å². The highest BCUT2D eigenvalue weighted by Gasteiger charge is 2.08. The number of ether oxygens (including phenoxy) is 1. The van der Waals surface area contributed by atoms with E-state index in [0.29, 0.717) is 17.8 Å². The molecule has 2 N–H and O–H groups in total. The highest BCUT2D eigenvalue weighted by Crippen LogP contribution is 2.12. The average molecular weight is 349 g/mol. The van der Waals surface area contributed by atoms with Crippen LogP contribution < -0.4 is 14.8 Å². The van der Waals surface area contributed by atoms with Crippen molar-refractivity contribution in [3.05, 3.63) is 59.4 Å². The summed E-state index contributed by atoms with van der Waals surface area (Å²) in [5, 5.41) is 2.81. The number of amides is 1. The number of rotatable bonds is 7. The Morgan fingerprint density at radius 2 is 2.00 bits per heavy atom. The molecule has 0 saturated carbocycles. The average Bonchev–Trinajstić information content (AvgIpc) is 2.57. The van der Waals surface area contributed by atoms with Crippen LogP contribution in [0.3, 0.4) is 0 Å². The summed E-state index contributed by atoms with van der Waals surface area (Å²) >= 11 is 0. The van der Waals surface area contributed by atoms with Crippen molar-refractivity contribution in [2.24, 2.45) is 0 Å². The fraction of sp³-hybridized carbons (Fsp3) is 0.250. The van der Waals surface area contributed by atoms with Gasteiger partial charge < -0.3 is 10.1 Å². The van der Waals surface area contributed by atoms with E-state index in [2.05, 4.69) is 15.0 Å². The van der Waals surface area contributed by atoms with Crippen molar-refractivity contribution in [2.45, 2.75) is 13.1 Å². The second-order valence-corrected chi connectivity index (χ2v) is 7.00. The lowest BCUT2D eigenvalue weighted by Gasteiger charge is -2.08. The minimum atomic E-state index is -3.31. The summed E-state index contributed by atoms with van der Waals surface area (Å²) in [7, 11) is -1.73. The molecule has 2 rings (SSSR count). The van der Waals surface area contributed by atoms with E-state index in [1.807, 2.05) is 24.3 Å². The van der Waals surface area contributed by atoms with Gasteiger partial charge in [0.25, 0.3) is 5.91 Å². The van der Waals surface area contributed by atoms with Crippen molar-refractivity contribution in [2.75, 3.05) is 13.4 Å². The first-order chi connectivity index (χ1) is 11.4. The Bertz CT molecular complexity index is 822. The molecule has 2 aromatic rings. The summed E-state index contributed by atoms with van der Waals surface area (Å²) < 4.78 is 29.7. The number of nitrogens with zero attached hydrogens (tertiary/aromatic N) is 1. The third kappa shape index (κ3) is 5.64. The van der Waals surface area contributed by atoms with Crippen LogP contribution in [0.4, 0.5) is 0 Å². The molecule has 0 unspecified atom stereocenters. The normalized spacial score (nSPS) is 11.1. The van der Waals surface area contributed by atoms with E-state index in [4.69, 9.17) is 4.74 Å². The Morgan fingerprint density at radius 1 is 1.21 bits per heavy atom. The number of benzene rings is 1. The van der Waals surface area contributed by atoms with E-state index in [0.717, 1.165) is 17.6 Å². The molecule has 1 amide bonds. The number of carbonyl (C=O) groups excluding carboxylic acids is 1. The molecule has 1 aromatic heterocycles. The van der Waals surface area contributed by atoms with Crippen LogP contribution in [0.15, 0.2) is 42.6 Å². The van der Waals surface area contributed by atoms with Gasteiger partial charge in [0.15, 0.2) is 0 Å². The quantitative estimate of drug-likeness (QED) is 0.779. The van der Waals surface area contributed by atoms with E-state index < -0.39 is 10.0 Å². The number of pyridine rings is 1. The molecule has 24 heavy (non-hydrogen) atoms. The van der Waals surface area contributed by atoms with Gasteiger partial charge >= 0.3 is 0 Å². The Hall–Kier alpha value is -2.45. The van der Waals surface area contributed by atoms with E-state index in [9.17, 15) is 13.2 Å². The molecule has 0 spiro atoms. The maximum absolute atomic E-state index is 12.2. The Kier molecular flexibility index (Phi) is 5.88. The van der Waals surface area contributed by atoms with Crippen LogP contribution in [0.5, 0.6) is 5.75 Å². The Balaban J connectivity index is 1.99. The second-order valence-electron chi connectivity index (χ2n) is 5.16. The number of sulfonamides is 1. The third-order valence-electron chi connectivity index (χ3n) is 3.18. The van der Waals surface area contributed by atoms with Gasteiger partial charge in [-0.25, -0.2) is 13.1 Å². The third-order valence-corrected chi connectivity index (χ3v) is 3.85. The van der Waals surface area contributed by atoms with Crippen molar-refractivity contribution >= 4 is 15.9 Å². The fourth-order valence-corrected chi connectivity index (χ4v) is 2.40. The fourth-order valence-electron chi connectivity index (χ4n) is 1.99. The topological polar surface area (TPSA) is 97.4 Å². The predicted molar refractivity (Wildman–Crippen MR) is 90.1 cm³/mol. The van der Waals surface area contributed by atoms with Crippen molar-refractivity contribution in [1.29, 1.82) is 0 Å². The molecular formula is C16H19N3O4S. The predicted octanol–water partition coefficient (Wildman–Crippen LogP) is 1.07. The van der Waals surface area contributed by atoms with Gasteiger partial charge in [-0.1, -0.05) is 12.1 Å². The van der Waals surface area contributed by atoms with Crippen molar-refractivity contribution in [1.82, 2.24) is 15.0 Å². The molecule has 128 valence electrons. The molecule has 7 nitrogen and oxygen atoms in total. The largest absolute Gasteiger partial charge is 0.497 e. The lowest BCUT2D eigenvalue weighted by molar-refractivity contribution is 0.0950. The number of methoxy groups -OCH3 is 1. The zero-order valence-electron chi connectivity index (χ0n) is 13.4. The lowest BCUT2D eigenvalue weighted by Crippen LogP contribution is -2.24. The van der Waals surface area contributed by atoms with Gasteiger partial charge in [0.05, 0.1) is 25.6 Å². The van der Waals surface area contributed by atoms with Gasteiger partial charge in [0.2, 0.25) is 10.0 Å². The zero-order chi connectivity index (χ0) is 17.6. The van der Waals surface area contributed by atoms with Crippen molar-refractivity contribution < 1.29 is 17.9 Å². The second kappa shape index (κ2) is 7.89. The van der Waals surface area contributed by atoms with Gasteiger partial charge in [-0.2, -0.15) is 0 Å². The molecule has 1 heterocycles. The summed E-state index contributed by atoms with van der Waals surface area (Å²) in [4.78, 5) is 16.3. The molecule has 0 bridgehead atoms. The van der Waals surface area contributed by atoms with Crippen LogP contribution in [0, 0.1) is 0 Å². The summed E-state index contributed by atoms with van der Waals surface area (Å²) in [6.45, 7) is 0.394. The molecule has 8 heteroatoms. The van der Waals surface area contributed by atoms with Gasteiger partial charge in [0, 0.05) is 18.3 Å². The van der Waals surface area contributed by atoms with Crippen molar-refractivity contribution in [3.63, 3.8) is 0 Å². The first-order valence-corrected chi connectivity index (χ1v) is 9.07. The Morgan fingerprint density at radius 3 is 2.71 bits per heavy atom. The zero-order valence-corrected chi connectivity index (χ0v) is 14.3. The molecule has 0 saturated heterocycles. The van der Waals surface area contributed by atoms with Crippen molar-refractivity contribution in [3.8, 4) is 5.75 Å². The van der Waals surface area contributed by atoms with Gasteiger partial charge in [-0.3, -0.25) is 9.78 Å². The molecule has 0 aliphatic rings. The molecule has 0 aliphatic carbocycles. The van der Waals surface area contributed by atoms with Gasteiger partial charge in [-0.05, 0) is 29.8 Å². The standard InChI is InChI=1S/C16H19N3O4S/c1-23-15-5-3-4-12(8-15)10-18-16(20)13-6-7-17-14(9-13)11-19-24(2,21)22/h3-9,19H,10-11H2,1-2H3,(H,18,20). The van der Waals surface area contributed by atoms with Gasteiger partial charge in [-0.15, -0.1) is 0 Å². The summed E-state index contributed by atoms with van der Waals surface area (Å²) in [6, 6.07) is 10.5. The number of nitrogens with one attached hydrogen (secondary N) is 2.